The van der Waals surface area contributed by atoms with Gasteiger partial charge in [-0.3, -0.25) is 0 Å². The first-order valence-electron chi connectivity index (χ1n) is 19.3. The molecule has 0 aliphatic carbocycles. The van der Waals surface area contributed by atoms with Gasteiger partial charge >= 0.3 is 0 Å². The Morgan fingerprint density at radius 3 is 1.61 bits per heavy atom. The normalized spacial score (nSPS) is 11.5. The van der Waals surface area contributed by atoms with Crippen LogP contribution in [0.4, 0.5) is 0 Å². The highest BCUT2D eigenvalue weighted by atomic mass is 16.3. The Bertz CT molecular complexity index is 3290. The summed E-state index contributed by atoms with van der Waals surface area (Å²) >= 11 is 0. The van der Waals surface area contributed by atoms with Crippen LogP contribution in [0.2, 0.25) is 0 Å². The molecule has 11 rings (SSSR count). The fourth-order valence-corrected chi connectivity index (χ4v) is 8.24. The highest BCUT2D eigenvalue weighted by molar-refractivity contribution is 6.13. The van der Waals surface area contributed by atoms with E-state index >= 15 is 0 Å². The quantitative estimate of drug-likeness (QED) is 0.160. The highest BCUT2D eigenvalue weighted by Crippen LogP contribution is 2.40. The van der Waals surface area contributed by atoms with Crippen molar-refractivity contribution < 1.29 is 4.42 Å². The number of para-hydroxylation sites is 1. The predicted octanol–water partition coefficient (Wildman–Crippen LogP) is 14.7. The fraction of sp³-hybridized carbons (Fsp3) is 0. The van der Waals surface area contributed by atoms with Gasteiger partial charge in [0.1, 0.15) is 11.2 Å². The van der Waals surface area contributed by atoms with Gasteiger partial charge in [-0.2, -0.15) is 0 Å². The van der Waals surface area contributed by atoms with Crippen molar-refractivity contribution in [2.75, 3.05) is 0 Å². The summed E-state index contributed by atoms with van der Waals surface area (Å²) in [6, 6.07) is 73.0. The summed E-state index contributed by atoms with van der Waals surface area (Å²) in [5.41, 5.74) is 13.4. The lowest BCUT2D eigenvalue weighted by molar-refractivity contribution is 0.669. The number of fused-ring (bicyclic) bond motifs is 6. The van der Waals surface area contributed by atoms with Crippen molar-refractivity contribution in [2.45, 2.75) is 0 Å². The molecular weight excluding hydrogens is 693 g/mol. The molecule has 57 heavy (non-hydrogen) atoms. The minimum atomic E-state index is 0.685. The lowest BCUT2D eigenvalue weighted by Crippen LogP contribution is -1.97. The van der Waals surface area contributed by atoms with Gasteiger partial charge in [0, 0.05) is 27.5 Å². The van der Waals surface area contributed by atoms with Crippen LogP contribution in [0.15, 0.2) is 211 Å². The molecule has 0 atom stereocenters. The van der Waals surface area contributed by atoms with Crippen LogP contribution in [0.1, 0.15) is 0 Å². The second-order valence-electron chi connectivity index (χ2n) is 14.6. The number of nitrogens with zero attached hydrogens (tertiary/aromatic N) is 2. The standard InChI is InChI=1S/C54H34N2O/c1-3-14-35(15-4-1)37-19-13-20-38(28-37)41-29-42(39-26-27-53-49(32-39)47-24-11-12-25-52(47)57-53)31-43(30-41)50-34-51(56-54(55-50)36-16-5-2-6-17-36)48-33-40-18-7-8-21-44(40)45-22-9-10-23-46(45)48/h1-34H. The molecule has 266 valence electrons. The summed E-state index contributed by atoms with van der Waals surface area (Å²) in [6.45, 7) is 0. The van der Waals surface area contributed by atoms with E-state index < -0.39 is 0 Å². The molecule has 0 aliphatic rings. The summed E-state index contributed by atoms with van der Waals surface area (Å²) in [4.78, 5) is 10.6. The molecule has 0 saturated heterocycles. The SMILES string of the molecule is c1ccc(-c2cccc(-c3cc(-c4ccc5oc6ccccc6c5c4)cc(-c4cc(-c5cc6ccccc6c6ccccc56)nc(-c5ccccc5)n4)c3)c2)cc1. The fourth-order valence-electron chi connectivity index (χ4n) is 8.24. The third-order valence-electron chi connectivity index (χ3n) is 11.0. The number of aromatic nitrogens is 2. The summed E-state index contributed by atoms with van der Waals surface area (Å²) < 4.78 is 6.24. The summed E-state index contributed by atoms with van der Waals surface area (Å²) in [7, 11) is 0. The Balaban J connectivity index is 1.16. The van der Waals surface area contributed by atoms with Gasteiger partial charge in [0.25, 0.3) is 0 Å². The molecule has 2 heterocycles. The van der Waals surface area contributed by atoms with Crippen molar-refractivity contribution in [1.82, 2.24) is 9.97 Å². The van der Waals surface area contributed by atoms with Gasteiger partial charge in [-0.25, -0.2) is 9.97 Å². The third kappa shape index (κ3) is 5.94. The van der Waals surface area contributed by atoms with Gasteiger partial charge in [0.2, 0.25) is 0 Å². The molecule has 0 N–H and O–H groups in total. The van der Waals surface area contributed by atoms with E-state index in [0.29, 0.717) is 5.82 Å². The molecule has 9 aromatic carbocycles. The van der Waals surface area contributed by atoms with Crippen molar-refractivity contribution >= 4 is 43.5 Å². The van der Waals surface area contributed by atoms with E-state index in [0.717, 1.165) is 77.7 Å². The number of hydrogen-bond acceptors (Lipinski definition) is 3. The topological polar surface area (TPSA) is 38.9 Å². The third-order valence-corrected chi connectivity index (χ3v) is 11.0. The van der Waals surface area contributed by atoms with Crippen molar-refractivity contribution in [3.63, 3.8) is 0 Å². The lowest BCUT2D eigenvalue weighted by atomic mass is 9.92. The zero-order valence-electron chi connectivity index (χ0n) is 30.9. The van der Waals surface area contributed by atoms with Crippen molar-refractivity contribution in [2.24, 2.45) is 0 Å². The molecule has 3 heteroatoms. The molecule has 0 saturated carbocycles. The Labute approximate surface area is 330 Å². The van der Waals surface area contributed by atoms with Crippen molar-refractivity contribution in [3.8, 4) is 67.3 Å². The van der Waals surface area contributed by atoms with Crippen LogP contribution in [-0.2, 0) is 0 Å². The Kier molecular flexibility index (Phi) is 7.82. The maximum Gasteiger partial charge on any atom is 0.160 e. The average molecular weight is 727 g/mol. The van der Waals surface area contributed by atoms with Gasteiger partial charge < -0.3 is 4.42 Å². The van der Waals surface area contributed by atoms with Gasteiger partial charge in [-0.05, 0) is 110 Å². The summed E-state index contributed by atoms with van der Waals surface area (Å²) in [5.74, 6) is 0.685. The van der Waals surface area contributed by atoms with Crippen LogP contribution in [0, 0.1) is 0 Å². The number of benzene rings is 9. The molecule has 0 amide bonds. The zero-order chi connectivity index (χ0) is 37.7. The molecule has 0 spiro atoms. The predicted molar refractivity (Wildman–Crippen MR) is 237 cm³/mol. The molecule has 0 fully saturated rings. The van der Waals surface area contributed by atoms with Crippen LogP contribution >= 0.6 is 0 Å². The molecule has 0 aliphatic heterocycles. The average Bonchev–Trinajstić information content (AvgIpc) is 3.67. The minimum absolute atomic E-state index is 0.685. The maximum absolute atomic E-state index is 6.24. The monoisotopic (exact) mass is 726 g/mol. The number of hydrogen-bond donors (Lipinski definition) is 0. The molecule has 0 radical (unpaired) electrons. The molecule has 2 aromatic heterocycles. The molecular formula is C54H34N2O. The second-order valence-corrected chi connectivity index (χ2v) is 14.6. The van der Waals surface area contributed by atoms with E-state index in [1.54, 1.807) is 0 Å². The minimum Gasteiger partial charge on any atom is -0.456 e. The van der Waals surface area contributed by atoms with Crippen LogP contribution in [-0.4, -0.2) is 9.97 Å². The molecule has 3 nitrogen and oxygen atoms in total. The number of rotatable bonds is 6. The van der Waals surface area contributed by atoms with Crippen molar-refractivity contribution in [1.29, 1.82) is 0 Å². The Morgan fingerprint density at radius 2 is 0.825 bits per heavy atom. The first-order chi connectivity index (χ1) is 28.2. The smallest absolute Gasteiger partial charge is 0.160 e. The molecule has 11 aromatic rings. The number of furan rings is 1. The first kappa shape index (κ1) is 32.8. The van der Waals surface area contributed by atoms with Gasteiger partial charge in [0.15, 0.2) is 5.82 Å². The Morgan fingerprint density at radius 1 is 0.281 bits per heavy atom. The summed E-state index contributed by atoms with van der Waals surface area (Å²) in [5, 5.41) is 6.98. The van der Waals surface area contributed by atoms with E-state index in [1.807, 2.05) is 30.3 Å². The molecule has 0 unspecified atom stereocenters. The van der Waals surface area contributed by atoms with E-state index in [2.05, 4.69) is 176 Å². The zero-order valence-corrected chi connectivity index (χ0v) is 30.9. The van der Waals surface area contributed by atoms with E-state index in [9.17, 15) is 0 Å². The van der Waals surface area contributed by atoms with Gasteiger partial charge in [-0.15, -0.1) is 0 Å². The van der Waals surface area contributed by atoms with Crippen LogP contribution in [0.3, 0.4) is 0 Å². The Hall–Kier alpha value is -7.62. The van der Waals surface area contributed by atoms with Crippen LogP contribution < -0.4 is 0 Å². The van der Waals surface area contributed by atoms with E-state index in [-0.39, 0.29) is 0 Å². The highest BCUT2D eigenvalue weighted by Gasteiger charge is 2.17. The first-order valence-corrected chi connectivity index (χ1v) is 19.3. The summed E-state index contributed by atoms with van der Waals surface area (Å²) in [6.07, 6.45) is 0. The van der Waals surface area contributed by atoms with Crippen LogP contribution in [0.5, 0.6) is 0 Å². The van der Waals surface area contributed by atoms with E-state index in [1.165, 1.54) is 27.3 Å². The van der Waals surface area contributed by atoms with Gasteiger partial charge in [-0.1, -0.05) is 152 Å². The van der Waals surface area contributed by atoms with Gasteiger partial charge in [0.05, 0.1) is 11.4 Å². The second kappa shape index (κ2) is 13.6. The van der Waals surface area contributed by atoms with Crippen LogP contribution in [0.25, 0.3) is 111 Å². The maximum atomic E-state index is 6.24. The molecule has 0 bridgehead atoms. The lowest BCUT2D eigenvalue weighted by Gasteiger charge is -2.15. The van der Waals surface area contributed by atoms with Crippen molar-refractivity contribution in [3.05, 3.63) is 206 Å². The van der Waals surface area contributed by atoms with E-state index in [4.69, 9.17) is 14.4 Å². The largest absolute Gasteiger partial charge is 0.456 e.